The third-order valence-corrected chi connectivity index (χ3v) is 4.08. The number of alkyl halides is 1. The van der Waals surface area contributed by atoms with Crippen molar-refractivity contribution in [3.8, 4) is 0 Å². The van der Waals surface area contributed by atoms with Crippen LogP contribution in [0.1, 0.15) is 41.0 Å². The number of hydrogen-bond acceptors (Lipinski definition) is 2. The highest BCUT2D eigenvalue weighted by Gasteiger charge is 2.41. The van der Waals surface area contributed by atoms with Crippen molar-refractivity contribution in [2.24, 2.45) is 11.8 Å². The van der Waals surface area contributed by atoms with Crippen LogP contribution in [0.25, 0.3) is 0 Å². The van der Waals surface area contributed by atoms with E-state index in [-0.39, 0.29) is 11.6 Å². The average Bonchev–Trinajstić information content (AvgIpc) is 2.15. The average molecular weight is 354 g/mol. The number of rotatable bonds is 3. The molecule has 0 aromatic rings. The summed E-state index contributed by atoms with van der Waals surface area (Å²) in [6.07, 6.45) is 1.13. The number of halogens is 1. The van der Waals surface area contributed by atoms with E-state index >= 15 is 0 Å². The summed E-state index contributed by atoms with van der Waals surface area (Å²) in [6, 6.07) is 0. The molecule has 0 aliphatic carbocycles. The van der Waals surface area contributed by atoms with Crippen LogP contribution in [0.5, 0.6) is 0 Å². The van der Waals surface area contributed by atoms with Crippen molar-refractivity contribution >= 4 is 28.6 Å². The van der Waals surface area contributed by atoms with Crippen LogP contribution in [-0.4, -0.2) is 28.1 Å². The summed E-state index contributed by atoms with van der Waals surface area (Å²) in [5.41, 5.74) is -0.354. The molecule has 3 nitrogen and oxygen atoms in total. The Balaban J connectivity index is 2.70. The zero-order valence-electron chi connectivity index (χ0n) is 11.5. The van der Waals surface area contributed by atoms with Crippen molar-refractivity contribution < 1.29 is 14.8 Å². The molecule has 1 aliphatic rings. The first kappa shape index (κ1) is 15.2. The summed E-state index contributed by atoms with van der Waals surface area (Å²) in [5, 5.41) is 2.35. The van der Waals surface area contributed by atoms with Gasteiger partial charge in [0.25, 0.3) is 0 Å². The Morgan fingerprint density at radius 3 is 2.41 bits per heavy atom. The molecule has 1 saturated heterocycles. The van der Waals surface area contributed by atoms with E-state index in [0.29, 0.717) is 11.8 Å². The molecule has 0 spiro atoms. The minimum atomic E-state index is -0.445. The molecule has 1 fully saturated rings. The number of carbonyl (C=O) groups is 1. The summed E-state index contributed by atoms with van der Waals surface area (Å²) < 4.78 is 5.31. The predicted octanol–water partition coefficient (Wildman–Crippen LogP) is 1.74. The van der Waals surface area contributed by atoms with Crippen LogP contribution in [0.15, 0.2) is 0 Å². The monoisotopic (exact) mass is 354 g/mol. The lowest BCUT2D eigenvalue weighted by molar-refractivity contribution is -0.672. The molecule has 0 aromatic heterocycles. The van der Waals surface area contributed by atoms with Crippen molar-refractivity contribution in [3.63, 3.8) is 0 Å². The van der Waals surface area contributed by atoms with Gasteiger partial charge in [-0.1, -0.05) is 29.5 Å². The lowest BCUT2D eigenvalue weighted by Crippen LogP contribution is -2.88. The number of quaternary nitrogens is 1. The van der Waals surface area contributed by atoms with Crippen LogP contribution in [0.4, 0.5) is 0 Å². The second kappa shape index (κ2) is 5.43. The Labute approximate surface area is 118 Å². The van der Waals surface area contributed by atoms with Crippen LogP contribution in [0.3, 0.4) is 0 Å². The number of nitrogens with two attached hydrogens (primary N) is 1. The van der Waals surface area contributed by atoms with Crippen LogP contribution >= 0.6 is 22.6 Å². The van der Waals surface area contributed by atoms with Gasteiger partial charge in [0.05, 0.1) is 13.1 Å². The smallest absolute Gasteiger partial charge is 0.321 e. The van der Waals surface area contributed by atoms with Gasteiger partial charge in [0.2, 0.25) is 0 Å². The molecule has 0 bridgehead atoms. The molecule has 2 N–H and O–H groups in total. The molecule has 4 heteroatoms. The third kappa shape index (κ3) is 4.09. The Kier molecular flexibility index (Phi) is 4.86. The molecule has 1 rings (SSSR count). The minimum Gasteiger partial charge on any atom is -0.458 e. The van der Waals surface area contributed by atoms with Crippen LogP contribution in [0.2, 0.25) is 0 Å². The molecule has 17 heavy (non-hydrogen) atoms. The van der Waals surface area contributed by atoms with E-state index < -0.39 is 3.42 Å². The lowest BCUT2D eigenvalue weighted by atomic mass is 9.76. The zero-order chi connectivity index (χ0) is 13.3. The molecule has 0 aromatic carbocycles. The molecule has 1 heterocycles. The van der Waals surface area contributed by atoms with Crippen molar-refractivity contribution in [2.45, 2.75) is 50.1 Å². The van der Waals surface area contributed by atoms with E-state index in [1.807, 2.05) is 13.8 Å². The standard InChI is InChI=1S/C13H24INO2/c1-9-8-15-7-6-10(9)13(4,5)17-11(16)12(2,3)14/h9-10,15H,6-8H2,1-5H3/p+1. The number of carbonyl (C=O) groups excluding carboxylic acids is 1. The normalized spacial score (nSPS) is 26.7. The van der Waals surface area contributed by atoms with Gasteiger partial charge in [0.15, 0.2) is 0 Å². The van der Waals surface area contributed by atoms with Gasteiger partial charge in [-0.25, -0.2) is 0 Å². The maximum Gasteiger partial charge on any atom is 0.321 e. The predicted molar refractivity (Wildman–Crippen MR) is 77.2 cm³/mol. The first-order valence-electron chi connectivity index (χ1n) is 6.38. The third-order valence-electron chi connectivity index (χ3n) is 3.64. The maximum atomic E-state index is 12.0. The van der Waals surface area contributed by atoms with E-state index in [2.05, 4.69) is 48.7 Å². The molecular formula is C13H25INO2+. The quantitative estimate of drug-likeness (QED) is 0.477. The van der Waals surface area contributed by atoms with Crippen LogP contribution < -0.4 is 5.32 Å². The number of esters is 1. The lowest BCUT2D eigenvalue weighted by Gasteiger charge is -2.40. The highest BCUT2D eigenvalue weighted by Crippen LogP contribution is 2.33. The summed E-state index contributed by atoms with van der Waals surface area (Å²) in [6.45, 7) is 12.4. The van der Waals surface area contributed by atoms with E-state index in [9.17, 15) is 4.79 Å². The summed E-state index contributed by atoms with van der Waals surface area (Å²) in [4.78, 5) is 12.0. The van der Waals surface area contributed by atoms with Gasteiger partial charge >= 0.3 is 5.97 Å². The van der Waals surface area contributed by atoms with Gasteiger partial charge in [-0.15, -0.1) is 0 Å². The van der Waals surface area contributed by atoms with E-state index in [4.69, 9.17) is 4.74 Å². The second-order valence-corrected chi connectivity index (χ2v) is 8.85. The van der Waals surface area contributed by atoms with E-state index in [0.717, 1.165) is 19.5 Å². The largest absolute Gasteiger partial charge is 0.458 e. The fraction of sp³-hybridized carbons (Fsp3) is 0.923. The van der Waals surface area contributed by atoms with Crippen LogP contribution in [-0.2, 0) is 9.53 Å². The molecular weight excluding hydrogens is 329 g/mol. The van der Waals surface area contributed by atoms with Crippen molar-refractivity contribution in [1.29, 1.82) is 0 Å². The topological polar surface area (TPSA) is 42.9 Å². The first-order chi connectivity index (χ1) is 7.64. The molecule has 1 aliphatic heterocycles. The molecule has 2 unspecified atom stereocenters. The Bertz CT molecular complexity index is 284. The van der Waals surface area contributed by atoms with Crippen molar-refractivity contribution in [2.75, 3.05) is 13.1 Å². The van der Waals surface area contributed by atoms with Crippen molar-refractivity contribution in [1.82, 2.24) is 0 Å². The molecule has 0 saturated carbocycles. The molecule has 100 valence electrons. The molecule has 0 amide bonds. The maximum absolute atomic E-state index is 12.0. The molecule has 2 atom stereocenters. The second-order valence-electron chi connectivity index (χ2n) is 6.15. The number of piperidine rings is 1. The fourth-order valence-electron chi connectivity index (χ4n) is 2.60. The first-order valence-corrected chi connectivity index (χ1v) is 7.46. The van der Waals surface area contributed by atoms with Crippen LogP contribution in [0, 0.1) is 11.8 Å². The van der Waals surface area contributed by atoms with Gasteiger partial charge in [0, 0.05) is 18.3 Å². The van der Waals surface area contributed by atoms with E-state index in [1.54, 1.807) is 0 Å². The van der Waals surface area contributed by atoms with Gasteiger partial charge in [-0.05, 0) is 27.7 Å². The summed E-state index contributed by atoms with van der Waals surface area (Å²) in [5.74, 6) is 0.962. The van der Waals surface area contributed by atoms with Crippen molar-refractivity contribution in [3.05, 3.63) is 0 Å². The van der Waals surface area contributed by atoms with Gasteiger partial charge < -0.3 is 10.1 Å². The summed E-state index contributed by atoms with van der Waals surface area (Å²) in [7, 11) is 0. The van der Waals surface area contributed by atoms with Gasteiger partial charge in [-0.2, -0.15) is 0 Å². The summed E-state index contributed by atoms with van der Waals surface area (Å²) >= 11 is 2.14. The number of hydrogen-bond donors (Lipinski definition) is 1. The highest BCUT2D eigenvalue weighted by molar-refractivity contribution is 14.1. The van der Waals surface area contributed by atoms with E-state index in [1.165, 1.54) is 0 Å². The Morgan fingerprint density at radius 1 is 1.35 bits per heavy atom. The minimum absolute atomic E-state index is 0.107. The SMILES string of the molecule is CC1C[NH2+]CCC1C(C)(C)OC(=O)C(C)(C)I. The molecule has 0 radical (unpaired) electrons. The highest BCUT2D eigenvalue weighted by atomic mass is 127. The Morgan fingerprint density at radius 2 is 1.94 bits per heavy atom. The van der Waals surface area contributed by atoms with Gasteiger partial charge in [0.1, 0.15) is 9.02 Å². The fourth-order valence-corrected chi connectivity index (χ4v) is 2.71. The zero-order valence-corrected chi connectivity index (χ0v) is 13.7. The number of ether oxygens (including phenoxy) is 1. The Hall–Kier alpha value is 0.160. The van der Waals surface area contributed by atoms with Gasteiger partial charge in [-0.3, -0.25) is 4.79 Å².